The van der Waals surface area contributed by atoms with Gasteiger partial charge in [0.15, 0.2) is 0 Å². The fraction of sp³-hybridized carbons (Fsp3) is 0.400. The van der Waals surface area contributed by atoms with Gasteiger partial charge in [-0.15, -0.1) is 0 Å². The normalized spacial score (nSPS) is 12.7. The van der Waals surface area contributed by atoms with E-state index in [0.717, 1.165) is 18.8 Å². The second kappa shape index (κ2) is 5.36. The van der Waals surface area contributed by atoms with Crippen LogP contribution in [-0.2, 0) is 13.0 Å². The molecule has 3 nitrogen and oxygen atoms in total. The fourth-order valence-electron chi connectivity index (χ4n) is 2.36. The van der Waals surface area contributed by atoms with Crippen LogP contribution in [0.1, 0.15) is 35.5 Å². The van der Waals surface area contributed by atoms with Gasteiger partial charge >= 0.3 is 0 Å². The monoisotopic (exact) mass is 243 g/mol. The molecule has 1 atom stereocenters. The molecule has 0 aliphatic heterocycles. The van der Waals surface area contributed by atoms with Gasteiger partial charge in [0.25, 0.3) is 0 Å². The van der Waals surface area contributed by atoms with Gasteiger partial charge in [0.2, 0.25) is 0 Å². The largest absolute Gasteiger partial charge is 0.335 e. The Morgan fingerprint density at radius 1 is 1.22 bits per heavy atom. The van der Waals surface area contributed by atoms with Crippen molar-refractivity contribution in [3.05, 3.63) is 53.1 Å². The van der Waals surface area contributed by atoms with Gasteiger partial charge in [0, 0.05) is 31.4 Å². The highest BCUT2D eigenvalue weighted by Gasteiger charge is 2.11. The Bertz CT molecular complexity index is 508. The van der Waals surface area contributed by atoms with Crippen LogP contribution in [0, 0.1) is 13.8 Å². The number of aromatic nitrogens is 2. The molecule has 0 aliphatic carbocycles. The van der Waals surface area contributed by atoms with Crippen LogP contribution < -0.4 is 5.73 Å². The summed E-state index contributed by atoms with van der Waals surface area (Å²) in [5, 5.41) is 0. The van der Waals surface area contributed by atoms with Crippen molar-refractivity contribution >= 4 is 0 Å². The van der Waals surface area contributed by atoms with E-state index in [-0.39, 0.29) is 6.04 Å². The molecule has 0 aliphatic rings. The molecule has 2 aromatic rings. The predicted molar refractivity (Wildman–Crippen MR) is 74.4 cm³/mol. The Kier molecular flexibility index (Phi) is 3.82. The Hall–Kier alpha value is -1.61. The first kappa shape index (κ1) is 12.8. The number of hydrogen-bond acceptors (Lipinski definition) is 2. The molecule has 0 bridgehead atoms. The lowest BCUT2D eigenvalue weighted by Crippen LogP contribution is -2.16. The van der Waals surface area contributed by atoms with E-state index in [1.54, 1.807) is 0 Å². The van der Waals surface area contributed by atoms with Crippen molar-refractivity contribution in [3.63, 3.8) is 0 Å². The van der Waals surface area contributed by atoms with Gasteiger partial charge in [-0.2, -0.15) is 0 Å². The summed E-state index contributed by atoms with van der Waals surface area (Å²) in [6.07, 6.45) is 4.63. The van der Waals surface area contributed by atoms with Gasteiger partial charge < -0.3 is 10.3 Å². The summed E-state index contributed by atoms with van der Waals surface area (Å²) < 4.78 is 2.14. The third kappa shape index (κ3) is 2.79. The van der Waals surface area contributed by atoms with Crippen LogP contribution in [0.25, 0.3) is 0 Å². The molecule has 1 heterocycles. The maximum Gasteiger partial charge on any atom is 0.110 e. The van der Waals surface area contributed by atoms with Gasteiger partial charge in [-0.1, -0.05) is 29.3 Å². The quantitative estimate of drug-likeness (QED) is 0.897. The van der Waals surface area contributed by atoms with E-state index in [9.17, 15) is 0 Å². The maximum absolute atomic E-state index is 6.29. The average Bonchev–Trinajstić information content (AvgIpc) is 2.75. The molecule has 1 unspecified atom stereocenters. The van der Waals surface area contributed by atoms with E-state index in [1.807, 2.05) is 12.4 Å². The summed E-state index contributed by atoms with van der Waals surface area (Å²) in [5.74, 6) is 1.06. The molecule has 0 saturated carbocycles. The summed E-state index contributed by atoms with van der Waals surface area (Å²) in [6.45, 7) is 7.27. The molecule has 0 spiro atoms. The summed E-state index contributed by atoms with van der Waals surface area (Å²) in [5.41, 5.74) is 10.0. The van der Waals surface area contributed by atoms with Crippen molar-refractivity contribution in [2.75, 3.05) is 0 Å². The summed E-state index contributed by atoms with van der Waals surface area (Å²) in [7, 11) is 0. The minimum Gasteiger partial charge on any atom is -0.335 e. The standard InChI is InChI=1S/C15H21N3/c1-4-18-6-5-17-15(18)10-14(16)13-8-11(2)7-12(3)9-13/h5-9,14H,4,10,16H2,1-3H3. The number of imidazole rings is 1. The van der Waals surface area contributed by atoms with Crippen LogP contribution in [0.2, 0.25) is 0 Å². The number of rotatable bonds is 4. The maximum atomic E-state index is 6.29. The third-order valence-electron chi connectivity index (χ3n) is 3.22. The first-order valence-electron chi connectivity index (χ1n) is 6.44. The third-order valence-corrected chi connectivity index (χ3v) is 3.22. The molecule has 0 amide bonds. The highest BCUT2D eigenvalue weighted by molar-refractivity contribution is 5.31. The molecule has 1 aromatic carbocycles. The Labute approximate surface area is 109 Å². The SMILES string of the molecule is CCn1ccnc1CC(N)c1cc(C)cc(C)c1. The molecule has 1 aromatic heterocycles. The Morgan fingerprint density at radius 2 is 1.89 bits per heavy atom. The van der Waals surface area contributed by atoms with E-state index in [2.05, 4.69) is 48.5 Å². The fourth-order valence-corrected chi connectivity index (χ4v) is 2.36. The Balaban J connectivity index is 2.19. The van der Waals surface area contributed by atoms with E-state index in [4.69, 9.17) is 5.73 Å². The van der Waals surface area contributed by atoms with Crippen LogP contribution in [0.4, 0.5) is 0 Å². The van der Waals surface area contributed by atoms with Crippen LogP contribution in [-0.4, -0.2) is 9.55 Å². The zero-order valence-corrected chi connectivity index (χ0v) is 11.4. The number of hydrogen-bond donors (Lipinski definition) is 1. The number of aryl methyl sites for hydroxylation is 3. The van der Waals surface area contributed by atoms with E-state index >= 15 is 0 Å². The molecule has 0 saturated heterocycles. The predicted octanol–water partition coefficient (Wildman–Crippen LogP) is 2.76. The second-order valence-electron chi connectivity index (χ2n) is 4.86. The number of nitrogens with two attached hydrogens (primary N) is 1. The molecular weight excluding hydrogens is 222 g/mol. The lowest BCUT2D eigenvalue weighted by Gasteiger charge is -2.14. The number of benzene rings is 1. The van der Waals surface area contributed by atoms with Crippen LogP contribution in [0.15, 0.2) is 30.6 Å². The molecule has 2 N–H and O–H groups in total. The van der Waals surface area contributed by atoms with Crippen LogP contribution in [0.3, 0.4) is 0 Å². The first-order valence-corrected chi connectivity index (χ1v) is 6.44. The van der Waals surface area contributed by atoms with Crippen molar-refractivity contribution in [3.8, 4) is 0 Å². The molecular formula is C15H21N3. The van der Waals surface area contributed by atoms with Crippen molar-refractivity contribution in [1.82, 2.24) is 9.55 Å². The zero-order valence-electron chi connectivity index (χ0n) is 11.4. The minimum atomic E-state index is 0.0105. The van der Waals surface area contributed by atoms with Crippen molar-refractivity contribution < 1.29 is 0 Å². The van der Waals surface area contributed by atoms with Gasteiger partial charge in [0.05, 0.1) is 0 Å². The van der Waals surface area contributed by atoms with E-state index < -0.39 is 0 Å². The minimum absolute atomic E-state index is 0.0105. The second-order valence-corrected chi connectivity index (χ2v) is 4.86. The van der Waals surface area contributed by atoms with Crippen molar-refractivity contribution in [2.24, 2.45) is 5.73 Å². The molecule has 96 valence electrons. The van der Waals surface area contributed by atoms with E-state index in [0.29, 0.717) is 0 Å². The zero-order chi connectivity index (χ0) is 13.1. The summed E-state index contributed by atoms with van der Waals surface area (Å²) in [6, 6.07) is 6.51. The van der Waals surface area contributed by atoms with Crippen molar-refractivity contribution in [2.45, 2.75) is 39.8 Å². The molecule has 0 fully saturated rings. The molecule has 0 radical (unpaired) electrons. The Morgan fingerprint density at radius 3 is 2.50 bits per heavy atom. The smallest absolute Gasteiger partial charge is 0.110 e. The van der Waals surface area contributed by atoms with Gasteiger partial charge in [-0.05, 0) is 26.3 Å². The van der Waals surface area contributed by atoms with Gasteiger partial charge in [-0.25, -0.2) is 4.98 Å². The van der Waals surface area contributed by atoms with Gasteiger partial charge in [0.1, 0.15) is 5.82 Å². The summed E-state index contributed by atoms with van der Waals surface area (Å²) >= 11 is 0. The van der Waals surface area contributed by atoms with Crippen LogP contribution in [0.5, 0.6) is 0 Å². The average molecular weight is 243 g/mol. The topological polar surface area (TPSA) is 43.8 Å². The lowest BCUT2D eigenvalue weighted by atomic mass is 9.99. The highest BCUT2D eigenvalue weighted by Crippen LogP contribution is 2.18. The lowest BCUT2D eigenvalue weighted by molar-refractivity contribution is 0.627. The number of nitrogens with zero attached hydrogens (tertiary/aromatic N) is 2. The van der Waals surface area contributed by atoms with Gasteiger partial charge in [-0.3, -0.25) is 0 Å². The highest BCUT2D eigenvalue weighted by atomic mass is 15.1. The van der Waals surface area contributed by atoms with Crippen LogP contribution >= 0.6 is 0 Å². The van der Waals surface area contributed by atoms with Crippen molar-refractivity contribution in [1.29, 1.82) is 0 Å². The summed E-state index contributed by atoms with van der Waals surface area (Å²) in [4.78, 5) is 4.38. The first-order chi connectivity index (χ1) is 8.60. The molecule has 3 heteroatoms. The molecule has 2 rings (SSSR count). The molecule has 18 heavy (non-hydrogen) atoms. The van der Waals surface area contributed by atoms with E-state index in [1.165, 1.54) is 16.7 Å².